The first kappa shape index (κ1) is 24.4. The minimum atomic E-state index is -0.612. The normalized spacial score (nSPS) is 31.8. The molecule has 1 saturated carbocycles. The number of rotatable bonds is 12. The highest BCUT2D eigenvalue weighted by Crippen LogP contribution is 2.47. The molecule has 3 nitrogen and oxygen atoms in total. The largest absolute Gasteiger partial charge is 0.392 e. The highest BCUT2D eigenvalue weighted by Gasteiger charge is 2.43. The Hall–Kier alpha value is -0.290. The van der Waals surface area contributed by atoms with Crippen molar-refractivity contribution in [2.75, 3.05) is 31.1 Å². The Morgan fingerprint density at radius 2 is 2.03 bits per heavy atom. The van der Waals surface area contributed by atoms with Gasteiger partial charge in [-0.3, -0.25) is 0 Å². The zero-order chi connectivity index (χ0) is 21.4. The van der Waals surface area contributed by atoms with E-state index in [9.17, 15) is 10.2 Å². The Labute approximate surface area is 189 Å². The molecule has 1 saturated heterocycles. The SMILES string of the molecule is CCCC[C@](C)(O)CC=C[C@@H]1[C@H]2CC(CSCCCN3CCCCC3)=C[C@H]2C[C@H]1O. The van der Waals surface area contributed by atoms with Gasteiger partial charge in [0.2, 0.25) is 0 Å². The van der Waals surface area contributed by atoms with E-state index in [1.54, 1.807) is 5.57 Å². The molecule has 1 heterocycles. The summed E-state index contributed by atoms with van der Waals surface area (Å²) in [7, 11) is 0. The number of thioether (sulfide) groups is 1. The van der Waals surface area contributed by atoms with Crippen molar-refractivity contribution in [3.63, 3.8) is 0 Å². The molecule has 2 N–H and O–H groups in total. The van der Waals surface area contributed by atoms with E-state index in [0.717, 1.165) is 32.1 Å². The van der Waals surface area contributed by atoms with E-state index >= 15 is 0 Å². The second-order valence-electron chi connectivity index (χ2n) is 10.3. The first-order chi connectivity index (χ1) is 14.5. The third kappa shape index (κ3) is 7.39. The van der Waals surface area contributed by atoms with Crippen molar-refractivity contribution in [2.45, 2.75) is 89.8 Å². The molecule has 1 aliphatic heterocycles. The maximum Gasteiger partial charge on any atom is 0.0654 e. The average molecular weight is 436 g/mol. The Morgan fingerprint density at radius 1 is 1.23 bits per heavy atom. The predicted molar refractivity (Wildman–Crippen MR) is 130 cm³/mol. The van der Waals surface area contributed by atoms with Crippen LogP contribution in [0.25, 0.3) is 0 Å². The topological polar surface area (TPSA) is 43.7 Å². The molecule has 0 unspecified atom stereocenters. The van der Waals surface area contributed by atoms with E-state index < -0.39 is 5.60 Å². The van der Waals surface area contributed by atoms with Gasteiger partial charge in [-0.05, 0) is 89.1 Å². The van der Waals surface area contributed by atoms with Crippen molar-refractivity contribution in [3.05, 3.63) is 23.8 Å². The van der Waals surface area contributed by atoms with Crippen LogP contribution in [0, 0.1) is 17.8 Å². The number of aliphatic hydroxyl groups is 2. The van der Waals surface area contributed by atoms with Gasteiger partial charge < -0.3 is 15.1 Å². The van der Waals surface area contributed by atoms with Gasteiger partial charge in [-0.2, -0.15) is 11.8 Å². The molecule has 0 amide bonds. The molecule has 0 bridgehead atoms. The fourth-order valence-corrected chi connectivity index (χ4v) is 6.58. The summed E-state index contributed by atoms with van der Waals surface area (Å²) in [6, 6.07) is 0. The first-order valence-corrected chi connectivity index (χ1v) is 13.7. The summed E-state index contributed by atoms with van der Waals surface area (Å²) in [4.78, 5) is 2.64. The summed E-state index contributed by atoms with van der Waals surface area (Å²) in [5.74, 6) is 3.82. The van der Waals surface area contributed by atoms with Gasteiger partial charge in [0.25, 0.3) is 0 Å². The average Bonchev–Trinajstić information content (AvgIpc) is 3.24. The number of unbranched alkanes of at least 4 members (excludes halogenated alkanes) is 1. The van der Waals surface area contributed by atoms with Crippen LogP contribution in [0.3, 0.4) is 0 Å². The van der Waals surface area contributed by atoms with E-state index in [0.29, 0.717) is 18.3 Å². The smallest absolute Gasteiger partial charge is 0.0654 e. The number of piperidine rings is 1. The molecule has 0 spiro atoms. The summed E-state index contributed by atoms with van der Waals surface area (Å²) < 4.78 is 0. The van der Waals surface area contributed by atoms with Crippen LogP contribution in [0.15, 0.2) is 23.8 Å². The van der Waals surface area contributed by atoms with Crippen molar-refractivity contribution in [1.82, 2.24) is 4.90 Å². The van der Waals surface area contributed by atoms with E-state index in [4.69, 9.17) is 0 Å². The molecule has 0 aromatic heterocycles. The van der Waals surface area contributed by atoms with Gasteiger partial charge in [0.05, 0.1) is 11.7 Å². The van der Waals surface area contributed by atoms with Gasteiger partial charge in [0.15, 0.2) is 0 Å². The Balaban J connectivity index is 1.36. The molecule has 3 aliphatic rings. The fourth-order valence-electron chi connectivity index (χ4n) is 5.63. The molecule has 5 atom stereocenters. The highest BCUT2D eigenvalue weighted by atomic mass is 32.2. The van der Waals surface area contributed by atoms with Crippen LogP contribution in [0.1, 0.15) is 78.1 Å². The van der Waals surface area contributed by atoms with Gasteiger partial charge in [-0.1, -0.05) is 50.0 Å². The second-order valence-corrected chi connectivity index (χ2v) is 11.4. The minimum absolute atomic E-state index is 0.216. The lowest BCUT2D eigenvalue weighted by Crippen LogP contribution is -2.30. The van der Waals surface area contributed by atoms with Gasteiger partial charge in [0.1, 0.15) is 0 Å². The van der Waals surface area contributed by atoms with Gasteiger partial charge in [-0.15, -0.1) is 0 Å². The van der Waals surface area contributed by atoms with Crippen LogP contribution in [-0.2, 0) is 0 Å². The Bertz CT molecular complexity index is 567. The molecule has 30 heavy (non-hydrogen) atoms. The quantitative estimate of drug-likeness (QED) is 0.317. The monoisotopic (exact) mass is 435 g/mol. The van der Waals surface area contributed by atoms with Crippen LogP contribution in [0.5, 0.6) is 0 Å². The standard InChI is InChI=1S/C26H45NO2S/c1-3-4-11-26(2,29)12-8-10-23-24-18-21(17-22(24)19-25(23)28)20-30-16-9-15-27-13-6-5-7-14-27/h8,10,17,22-25,28-29H,3-7,9,11-16,18-20H2,1-2H3/t22-,23+,24-,25+,26-/m0/s1. The summed E-state index contributed by atoms with van der Waals surface area (Å²) >= 11 is 2.10. The molecular formula is C26H45NO2S. The zero-order valence-corrected chi connectivity index (χ0v) is 20.2. The molecular weight excluding hydrogens is 390 g/mol. The Kier molecular flexibility index (Phi) is 9.81. The number of fused-ring (bicyclic) bond motifs is 1. The summed E-state index contributed by atoms with van der Waals surface area (Å²) in [6.45, 7) is 8.00. The number of nitrogens with zero attached hydrogens (tertiary/aromatic N) is 1. The van der Waals surface area contributed by atoms with Crippen molar-refractivity contribution in [1.29, 1.82) is 0 Å². The molecule has 0 aromatic carbocycles. The minimum Gasteiger partial charge on any atom is -0.392 e. The van der Waals surface area contributed by atoms with E-state index in [1.807, 2.05) is 6.92 Å². The molecule has 2 aliphatic carbocycles. The lowest BCUT2D eigenvalue weighted by atomic mass is 9.88. The van der Waals surface area contributed by atoms with Crippen molar-refractivity contribution >= 4 is 11.8 Å². The maximum absolute atomic E-state index is 10.6. The van der Waals surface area contributed by atoms with Gasteiger partial charge in [-0.25, -0.2) is 0 Å². The lowest BCUT2D eigenvalue weighted by molar-refractivity contribution is 0.0513. The van der Waals surface area contributed by atoms with Crippen molar-refractivity contribution in [2.24, 2.45) is 17.8 Å². The number of hydrogen-bond donors (Lipinski definition) is 2. The summed E-state index contributed by atoms with van der Waals surface area (Å²) in [5.41, 5.74) is 0.993. The summed E-state index contributed by atoms with van der Waals surface area (Å²) in [5, 5.41) is 21.1. The molecule has 2 fully saturated rings. The fraction of sp³-hybridized carbons (Fsp3) is 0.846. The molecule has 3 rings (SSSR count). The van der Waals surface area contributed by atoms with Crippen LogP contribution in [0.2, 0.25) is 0 Å². The van der Waals surface area contributed by atoms with E-state index in [1.165, 1.54) is 56.8 Å². The van der Waals surface area contributed by atoms with Crippen LogP contribution in [0.4, 0.5) is 0 Å². The van der Waals surface area contributed by atoms with E-state index in [2.05, 4.69) is 41.8 Å². The molecule has 0 aromatic rings. The van der Waals surface area contributed by atoms with Gasteiger partial charge >= 0.3 is 0 Å². The van der Waals surface area contributed by atoms with E-state index in [-0.39, 0.29) is 12.0 Å². The highest BCUT2D eigenvalue weighted by molar-refractivity contribution is 7.99. The Morgan fingerprint density at radius 3 is 2.80 bits per heavy atom. The molecule has 172 valence electrons. The van der Waals surface area contributed by atoms with Gasteiger partial charge in [0, 0.05) is 11.7 Å². The number of aliphatic hydroxyl groups excluding tert-OH is 1. The van der Waals surface area contributed by atoms with Crippen LogP contribution >= 0.6 is 11.8 Å². The predicted octanol–water partition coefficient (Wildman–Crippen LogP) is 5.43. The number of likely N-dealkylation sites (tertiary alicyclic amines) is 1. The third-order valence-electron chi connectivity index (χ3n) is 7.43. The van der Waals surface area contributed by atoms with Crippen LogP contribution in [-0.4, -0.2) is 58.0 Å². The summed E-state index contributed by atoms with van der Waals surface area (Å²) in [6.07, 6.45) is 17.9. The third-order valence-corrected chi connectivity index (χ3v) is 8.59. The number of hydrogen-bond acceptors (Lipinski definition) is 4. The second kappa shape index (κ2) is 12.1. The zero-order valence-electron chi connectivity index (χ0n) is 19.4. The van der Waals surface area contributed by atoms with Crippen molar-refractivity contribution in [3.8, 4) is 0 Å². The maximum atomic E-state index is 10.6. The lowest BCUT2D eigenvalue weighted by Gasteiger charge is -2.26. The number of allylic oxidation sites excluding steroid dienone is 1. The molecule has 4 heteroatoms. The van der Waals surface area contributed by atoms with Crippen LogP contribution < -0.4 is 0 Å². The molecule has 0 radical (unpaired) electrons. The first-order valence-electron chi connectivity index (χ1n) is 12.6. The van der Waals surface area contributed by atoms with Crippen molar-refractivity contribution < 1.29 is 10.2 Å².